The fraction of sp³-hybridized carbons (Fsp3) is 0.583. The van der Waals surface area contributed by atoms with Gasteiger partial charge in [-0.1, -0.05) is 11.6 Å². The van der Waals surface area contributed by atoms with Gasteiger partial charge in [0.15, 0.2) is 0 Å². The molecule has 2 N–H and O–H groups in total. The smallest absolute Gasteiger partial charge is 0.221 e. The van der Waals surface area contributed by atoms with Crippen LogP contribution in [0.5, 0.6) is 0 Å². The Hall–Kier alpha value is -1.36. The Morgan fingerprint density at radius 2 is 2.00 bits per heavy atom. The van der Waals surface area contributed by atoms with E-state index >= 15 is 0 Å². The Balaban J connectivity index is 2.52. The molecule has 1 aromatic rings. The van der Waals surface area contributed by atoms with Crippen LogP contribution in [0.2, 0.25) is 5.15 Å². The second-order valence-electron chi connectivity index (χ2n) is 4.43. The first-order valence-electron chi connectivity index (χ1n) is 5.94. The first-order chi connectivity index (χ1) is 8.40. The summed E-state index contributed by atoms with van der Waals surface area (Å²) in [6.45, 7) is 8.01. The van der Waals surface area contributed by atoms with Gasteiger partial charge in [0, 0.05) is 24.6 Å². The molecular weight excluding hydrogens is 252 g/mol. The molecule has 100 valence electrons. The number of aromatic nitrogens is 2. The van der Waals surface area contributed by atoms with Gasteiger partial charge in [0.2, 0.25) is 5.91 Å². The number of rotatable bonds is 5. The maximum atomic E-state index is 11.5. The summed E-state index contributed by atoms with van der Waals surface area (Å²) in [5.41, 5.74) is 0.798. The number of carbonyl (C=O) groups excluding carboxylic acids is 1. The fourth-order valence-electron chi connectivity index (χ4n) is 1.45. The van der Waals surface area contributed by atoms with Gasteiger partial charge < -0.3 is 10.6 Å². The van der Waals surface area contributed by atoms with E-state index in [1.807, 2.05) is 20.8 Å². The summed E-state index contributed by atoms with van der Waals surface area (Å²) < 4.78 is 0. The molecule has 0 fully saturated rings. The maximum Gasteiger partial charge on any atom is 0.221 e. The first kappa shape index (κ1) is 14.7. The van der Waals surface area contributed by atoms with Crippen LogP contribution in [0.1, 0.15) is 31.7 Å². The molecule has 0 saturated carbocycles. The van der Waals surface area contributed by atoms with Crippen LogP contribution in [-0.4, -0.2) is 28.5 Å². The first-order valence-corrected chi connectivity index (χ1v) is 6.32. The van der Waals surface area contributed by atoms with Crippen LogP contribution in [0.25, 0.3) is 0 Å². The summed E-state index contributed by atoms with van der Waals surface area (Å²) in [5, 5.41) is 6.37. The number of halogens is 1. The number of carbonyl (C=O) groups is 1. The molecule has 0 aliphatic rings. The Morgan fingerprint density at radius 1 is 1.33 bits per heavy atom. The van der Waals surface area contributed by atoms with Crippen molar-refractivity contribution in [1.29, 1.82) is 0 Å². The molecule has 1 aromatic heterocycles. The number of aryl methyl sites for hydroxylation is 1. The van der Waals surface area contributed by atoms with Crippen molar-refractivity contribution >= 4 is 23.3 Å². The highest BCUT2D eigenvalue weighted by Crippen LogP contribution is 2.19. The molecule has 0 bridgehead atoms. The van der Waals surface area contributed by atoms with Crippen molar-refractivity contribution in [1.82, 2.24) is 15.3 Å². The van der Waals surface area contributed by atoms with E-state index in [1.54, 1.807) is 6.92 Å². The van der Waals surface area contributed by atoms with Gasteiger partial charge in [-0.05, 0) is 27.7 Å². The highest BCUT2D eigenvalue weighted by atomic mass is 35.5. The summed E-state index contributed by atoms with van der Waals surface area (Å²) in [5.74, 6) is 1.32. The lowest BCUT2D eigenvalue weighted by molar-refractivity contribution is -0.121. The van der Waals surface area contributed by atoms with Crippen LogP contribution in [0.3, 0.4) is 0 Å². The molecule has 0 aliphatic heterocycles. The number of nitrogens with zero attached hydrogens (tertiary/aromatic N) is 2. The summed E-state index contributed by atoms with van der Waals surface area (Å²) in [7, 11) is 0. The number of hydrogen-bond donors (Lipinski definition) is 2. The predicted molar refractivity (Wildman–Crippen MR) is 72.9 cm³/mol. The lowest BCUT2D eigenvalue weighted by Gasteiger charge is -2.11. The molecule has 1 heterocycles. The van der Waals surface area contributed by atoms with Crippen LogP contribution < -0.4 is 10.6 Å². The molecule has 0 atom stereocenters. The molecule has 0 spiro atoms. The van der Waals surface area contributed by atoms with Crippen LogP contribution >= 0.6 is 11.6 Å². The number of nitrogens with one attached hydrogen (secondary N) is 2. The van der Waals surface area contributed by atoms with Gasteiger partial charge in [-0.15, -0.1) is 0 Å². The van der Waals surface area contributed by atoms with Crippen LogP contribution in [0, 0.1) is 13.8 Å². The molecule has 0 aliphatic carbocycles. The second-order valence-corrected chi connectivity index (χ2v) is 4.79. The molecular formula is C12H19ClN4O. The lowest BCUT2D eigenvalue weighted by Crippen LogP contribution is -2.31. The zero-order valence-electron chi connectivity index (χ0n) is 11.2. The molecule has 18 heavy (non-hydrogen) atoms. The van der Waals surface area contributed by atoms with Crippen molar-refractivity contribution < 1.29 is 4.79 Å². The van der Waals surface area contributed by atoms with Crippen molar-refractivity contribution in [3.05, 3.63) is 16.5 Å². The molecule has 0 radical (unpaired) electrons. The van der Waals surface area contributed by atoms with E-state index in [9.17, 15) is 4.79 Å². The van der Waals surface area contributed by atoms with Gasteiger partial charge in [-0.2, -0.15) is 0 Å². The van der Waals surface area contributed by atoms with E-state index in [2.05, 4.69) is 20.6 Å². The van der Waals surface area contributed by atoms with E-state index in [4.69, 9.17) is 11.6 Å². The van der Waals surface area contributed by atoms with Crippen molar-refractivity contribution in [2.45, 2.75) is 40.2 Å². The van der Waals surface area contributed by atoms with Gasteiger partial charge >= 0.3 is 0 Å². The molecule has 1 amide bonds. The van der Waals surface area contributed by atoms with E-state index in [0.717, 1.165) is 5.56 Å². The summed E-state index contributed by atoms with van der Waals surface area (Å²) in [4.78, 5) is 19.8. The van der Waals surface area contributed by atoms with E-state index < -0.39 is 0 Å². The van der Waals surface area contributed by atoms with Crippen molar-refractivity contribution in [2.75, 3.05) is 11.9 Å². The van der Waals surface area contributed by atoms with Crippen LogP contribution in [0.15, 0.2) is 0 Å². The van der Waals surface area contributed by atoms with Crippen LogP contribution in [-0.2, 0) is 4.79 Å². The maximum absolute atomic E-state index is 11.5. The van der Waals surface area contributed by atoms with Gasteiger partial charge in [-0.3, -0.25) is 4.79 Å². The zero-order valence-corrected chi connectivity index (χ0v) is 11.9. The van der Waals surface area contributed by atoms with Gasteiger partial charge in [0.05, 0.1) is 0 Å². The minimum Gasteiger partial charge on any atom is -0.369 e. The van der Waals surface area contributed by atoms with Gasteiger partial charge in [0.25, 0.3) is 0 Å². The molecule has 0 saturated heterocycles. The highest BCUT2D eigenvalue weighted by Gasteiger charge is 2.08. The quantitative estimate of drug-likeness (QED) is 0.804. The predicted octanol–water partition coefficient (Wildman–Crippen LogP) is 2.07. The minimum absolute atomic E-state index is 0.0204. The molecule has 1 rings (SSSR count). The topological polar surface area (TPSA) is 66.9 Å². The number of amides is 1. The van der Waals surface area contributed by atoms with Gasteiger partial charge in [0.1, 0.15) is 16.8 Å². The molecule has 0 aromatic carbocycles. The Labute approximate surface area is 112 Å². The average Bonchev–Trinajstić information content (AvgIpc) is 2.23. The molecule has 0 unspecified atom stereocenters. The SMILES string of the molecule is Cc1nc(Cl)c(C)c(NCCC(=O)NC(C)C)n1. The van der Waals surface area contributed by atoms with Crippen molar-refractivity contribution in [2.24, 2.45) is 0 Å². The average molecular weight is 271 g/mol. The van der Waals surface area contributed by atoms with Crippen molar-refractivity contribution in [3.63, 3.8) is 0 Å². The third-order valence-electron chi connectivity index (χ3n) is 2.29. The van der Waals surface area contributed by atoms with Crippen molar-refractivity contribution in [3.8, 4) is 0 Å². The summed E-state index contributed by atoms with van der Waals surface area (Å²) >= 11 is 5.96. The second kappa shape index (κ2) is 6.54. The lowest BCUT2D eigenvalue weighted by atomic mass is 10.3. The monoisotopic (exact) mass is 270 g/mol. The summed E-state index contributed by atoms with van der Waals surface area (Å²) in [6.07, 6.45) is 0.401. The third-order valence-corrected chi connectivity index (χ3v) is 2.66. The largest absolute Gasteiger partial charge is 0.369 e. The Kier molecular flexibility index (Phi) is 5.34. The standard InChI is InChI=1S/C12H19ClN4O/c1-7(2)15-10(18)5-6-14-12-8(3)11(13)16-9(4)17-12/h7H,5-6H2,1-4H3,(H,15,18)(H,14,16,17). The van der Waals surface area contributed by atoms with E-state index in [1.165, 1.54) is 0 Å². The normalized spacial score (nSPS) is 10.6. The summed E-state index contributed by atoms with van der Waals surface area (Å²) in [6, 6.07) is 0.162. The van der Waals surface area contributed by atoms with Gasteiger partial charge in [-0.25, -0.2) is 9.97 Å². The molecule has 6 heteroatoms. The number of anilines is 1. The Morgan fingerprint density at radius 3 is 2.61 bits per heavy atom. The van der Waals surface area contributed by atoms with E-state index in [-0.39, 0.29) is 11.9 Å². The Bertz CT molecular complexity index is 434. The minimum atomic E-state index is 0.0204. The van der Waals surface area contributed by atoms with E-state index in [0.29, 0.717) is 29.8 Å². The zero-order chi connectivity index (χ0) is 13.7. The molecule has 5 nitrogen and oxygen atoms in total. The van der Waals surface area contributed by atoms with Crippen LogP contribution in [0.4, 0.5) is 5.82 Å². The fourth-order valence-corrected chi connectivity index (χ4v) is 1.67. The highest BCUT2D eigenvalue weighted by molar-refractivity contribution is 6.30. The third kappa shape index (κ3) is 4.49. The number of hydrogen-bond acceptors (Lipinski definition) is 4.